The Hall–Kier alpha value is -1.81. The highest BCUT2D eigenvalue weighted by Crippen LogP contribution is 2.24. The molecule has 0 saturated heterocycles. The van der Waals surface area contributed by atoms with Crippen LogP contribution in [-0.4, -0.2) is 22.0 Å². The van der Waals surface area contributed by atoms with Gasteiger partial charge in [-0.1, -0.05) is 12.1 Å². The fraction of sp³-hybridized carbons (Fsp3) is 0.250. The lowest BCUT2D eigenvalue weighted by molar-refractivity contribution is 0.276. The lowest BCUT2D eigenvalue weighted by atomic mass is 10.1. The van der Waals surface area contributed by atoms with Crippen molar-refractivity contribution in [2.45, 2.75) is 6.61 Å². The quantitative estimate of drug-likeness (QED) is 0.851. The Morgan fingerprint density at radius 2 is 2.00 bits per heavy atom. The molecule has 0 amide bonds. The van der Waals surface area contributed by atoms with Crippen molar-refractivity contribution in [1.82, 2.24) is 9.78 Å². The van der Waals surface area contributed by atoms with Crippen LogP contribution in [0.1, 0.15) is 5.69 Å². The van der Waals surface area contributed by atoms with Crippen LogP contribution in [0, 0.1) is 0 Å². The van der Waals surface area contributed by atoms with Gasteiger partial charge in [0.1, 0.15) is 5.75 Å². The van der Waals surface area contributed by atoms with E-state index in [0.717, 1.165) is 16.9 Å². The molecule has 1 aromatic heterocycles. The van der Waals surface area contributed by atoms with Gasteiger partial charge in [0.25, 0.3) is 0 Å². The van der Waals surface area contributed by atoms with Crippen LogP contribution in [0.15, 0.2) is 30.5 Å². The number of aromatic nitrogens is 2. The molecule has 0 aliphatic carbocycles. The molecule has 4 heteroatoms. The normalized spacial score (nSPS) is 10.4. The molecule has 0 atom stereocenters. The first-order valence-corrected chi connectivity index (χ1v) is 5.02. The predicted molar refractivity (Wildman–Crippen MR) is 61.1 cm³/mol. The van der Waals surface area contributed by atoms with Crippen molar-refractivity contribution in [3.05, 3.63) is 36.2 Å². The Bertz CT molecular complexity index is 474. The third-order valence-electron chi connectivity index (χ3n) is 2.46. The molecule has 0 aliphatic heterocycles. The van der Waals surface area contributed by atoms with E-state index in [2.05, 4.69) is 5.10 Å². The van der Waals surface area contributed by atoms with Crippen molar-refractivity contribution in [2.75, 3.05) is 7.11 Å². The number of aliphatic hydroxyl groups is 1. The number of methoxy groups -OCH3 is 1. The van der Waals surface area contributed by atoms with E-state index in [4.69, 9.17) is 4.74 Å². The molecule has 0 spiro atoms. The maximum absolute atomic E-state index is 9.19. The molecule has 2 aromatic rings. The molecule has 1 heterocycles. The number of nitrogens with zero attached hydrogens (tertiary/aromatic N) is 2. The van der Waals surface area contributed by atoms with Crippen LogP contribution in [0.3, 0.4) is 0 Å². The molecule has 2 rings (SSSR count). The third-order valence-corrected chi connectivity index (χ3v) is 2.46. The molecule has 84 valence electrons. The summed E-state index contributed by atoms with van der Waals surface area (Å²) in [7, 11) is 3.48. The van der Waals surface area contributed by atoms with Gasteiger partial charge in [-0.25, -0.2) is 0 Å². The lowest BCUT2D eigenvalue weighted by Crippen LogP contribution is -1.90. The average molecular weight is 218 g/mol. The summed E-state index contributed by atoms with van der Waals surface area (Å²) >= 11 is 0. The smallest absolute Gasteiger partial charge is 0.118 e. The highest BCUT2D eigenvalue weighted by Gasteiger charge is 2.08. The fourth-order valence-corrected chi connectivity index (χ4v) is 1.66. The van der Waals surface area contributed by atoms with Crippen molar-refractivity contribution in [1.29, 1.82) is 0 Å². The van der Waals surface area contributed by atoms with Gasteiger partial charge in [-0.2, -0.15) is 5.10 Å². The van der Waals surface area contributed by atoms with Crippen LogP contribution < -0.4 is 4.74 Å². The number of aryl methyl sites for hydroxylation is 1. The van der Waals surface area contributed by atoms with Crippen LogP contribution in [0.5, 0.6) is 5.75 Å². The minimum atomic E-state index is -0.0534. The second kappa shape index (κ2) is 4.37. The van der Waals surface area contributed by atoms with Gasteiger partial charge in [0.05, 0.1) is 19.4 Å². The van der Waals surface area contributed by atoms with Gasteiger partial charge in [-0.15, -0.1) is 0 Å². The van der Waals surface area contributed by atoms with E-state index in [1.165, 1.54) is 0 Å². The van der Waals surface area contributed by atoms with Gasteiger partial charge < -0.3 is 9.84 Å². The second-order valence-electron chi connectivity index (χ2n) is 3.55. The number of rotatable bonds is 3. The summed E-state index contributed by atoms with van der Waals surface area (Å²) in [5.41, 5.74) is 2.67. The summed E-state index contributed by atoms with van der Waals surface area (Å²) in [6.07, 6.45) is 1.90. The van der Waals surface area contributed by atoms with Gasteiger partial charge in [-0.3, -0.25) is 4.68 Å². The summed E-state index contributed by atoms with van der Waals surface area (Å²) in [5.74, 6) is 0.818. The Balaban J connectivity index is 2.41. The first kappa shape index (κ1) is 10.7. The van der Waals surface area contributed by atoms with Gasteiger partial charge in [0, 0.05) is 18.8 Å². The van der Waals surface area contributed by atoms with Gasteiger partial charge >= 0.3 is 0 Å². The molecule has 1 aromatic carbocycles. The van der Waals surface area contributed by atoms with E-state index in [9.17, 15) is 5.11 Å². The molecule has 1 N–H and O–H groups in total. The monoisotopic (exact) mass is 218 g/mol. The maximum Gasteiger partial charge on any atom is 0.118 e. The standard InChI is InChI=1S/C12H14N2O2/c1-14-7-11(12(8-15)13-14)9-3-5-10(16-2)6-4-9/h3-7,15H,8H2,1-2H3. The summed E-state index contributed by atoms with van der Waals surface area (Å²) in [6.45, 7) is -0.0534. The van der Waals surface area contributed by atoms with Crippen LogP contribution in [-0.2, 0) is 13.7 Å². The molecule has 0 saturated carbocycles. The minimum Gasteiger partial charge on any atom is -0.497 e. The van der Waals surface area contributed by atoms with Gasteiger partial charge in [-0.05, 0) is 17.7 Å². The Morgan fingerprint density at radius 1 is 1.31 bits per heavy atom. The maximum atomic E-state index is 9.19. The number of ether oxygens (including phenoxy) is 1. The first-order valence-electron chi connectivity index (χ1n) is 5.02. The zero-order chi connectivity index (χ0) is 11.5. The Morgan fingerprint density at radius 3 is 2.56 bits per heavy atom. The van der Waals surface area contributed by atoms with E-state index in [0.29, 0.717) is 5.69 Å². The second-order valence-corrected chi connectivity index (χ2v) is 3.55. The molecule has 0 bridgehead atoms. The summed E-state index contributed by atoms with van der Waals surface area (Å²) in [4.78, 5) is 0. The average Bonchev–Trinajstić information content (AvgIpc) is 2.70. The van der Waals surface area contributed by atoms with Crippen molar-refractivity contribution >= 4 is 0 Å². The van der Waals surface area contributed by atoms with E-state index in [1.807, 2.05) is 37.5 Å². The highest BCUT2D eigenvalue weighted by atomic mass is 16.5. The zero-order valence-corrected chi connectivity index (χ0v) is 9.34. The van der Waals surface area contributed by atoms with E-state index in [-0.39, 0.29) is 6.61 Å². The van der Waals surface area contributed by atoms with Crippen molar-refractivity contribution in [3.8, 4) is 16.9 Å². The Labute approximate surface area is 94.1 Å². The van der Waals surface area contributed by atoms with Crippen molar-refractivity contribution in [2.24, 2.45) is 7.05 Å². The summed E-state index contributed by atoms with van der Waals surface area (Å²) < 4.78 is 6.80. The third kappa shape index (κ3) is 1.92. The first-order chi connectivity index (χ1) is 7.74. The van der Waals surface area contributed by atoms with Crippen molar-refractivity contribution in [3.63, 3.8) is 0 Å². The van der Waals surface area contributed by atoms with E-state index < -0.39 is 0 Å². The highest BCUT2D eigenvalue weighted by molar-refractivity contribution is 5.65. The SMILES string of the molecule is COc1ccc(-c2cn(C)nc2CO)cc1. The number of aliphatic hydroxyl groups excluding tert-OH is 1. The van der Waals surface area contributed by atoms with Gasteiger partial charge in [0.2, 0.25) is 0 Å². The van der Waals surface area contributed by atoms with Crippen LogP contribution >= 0.6 is 0 Å². The summed E-state index contributed by atoms with van der Waals surface area (Å²) in [6, 6.07) is 7.69. The molecule has 0 unspecified atom stereocenters. The van der Waals surface area contributed by atoms with Crippen LogP contribution in [0.2, 0.25) is 0 Å². The molecular formula is C12H14N2O2. The van der Waals surface area contributed by atoms with E-state index >= 15 is 0 Å². The summed E-state index contributed by atoms with van der Waals surface area (Å²) in [5, 5.41) is 13.4. The van der Waals surface area contributed by atoms with Gasteiger partial charge in [0.15, 0.2) is 0 Å². The minimum absolute atomic E-state index is 0.0534. The number of hydrogen-bond acceptors (Lipinski definition) is 3. The fourth-order valence-electron chi connectivity index (χ4n) is 1.66. The van der Waals surface area contributed by atoms with Crippen molar-refractivity contribution < 1.29 is 9.84 Å². The number of hydrogen-bond donors (Lipinski definition) is 1. The molecular weight excluding hydrogens is 204 g/mol. The van der Waals surface area contributed by atoms with E-state index in [1.54, 1.807) is 11.8 Å². The molecule has 0 fully saturated rings. The zero-order valence-electron chi connectivity index (χ0n) is 9.34. The molecule has 16 heavy (non-hydrogen) atoms. The Kier molecular flexibility index (Phi) is 2.92. The predicted octanol–water partition coefficient (Wildman–Crippen LogP) is 1.59. The van der Waals surface area contributed by atoms with Crippen LogP contribution in [0.4, 0.5) is 0 Å². The van der Waals surface area contributed by atoms with Crippen LogP contribution in [0.25, 0.3) is 11.1 Å². The largest absolute Gasteiger partial charge is 0.497 e. The lowest BCUT2D eigenvalue weighted by Gasteiger charge is -2.02. The molecule has 4 nitrogen and oxygen atoms in total. The number of benzene rings is 1. The molecule has 0 aliphatic rings. The topological polar surface area (TPSA) is 47.3 Å². The molecule has 0 radical (unpaired) electrons.